The second-order valence-electron chi connectivity index (χ2n) is 5.70. The van der Waals surface area contributed by atoms with Crippen molar-refractivity contribution in [3.8, 4) is 0 Å². The zero-order chi connectivity index (χ0) is 18.0. The lowest BCUT2D eigenvalue weighted by Gasteiger charge is -2.10. The van der Waals surface area contributed by atoms with E-state index in [-0.39, 0.29) is 4.90 Å². The van der Waals surface area contributed by atoms with E-state index in [0.717, 1.165) is 21.2 Å². The highest BCUT2D eigenvalue weighted by atomic mass is 32.2. The number of hydrogen-bond acceptors (Lipinski definition) is 5. The molecule has 0 radical (unpaired) electrons. The number of aromatic nitrogens is 3. The molecule has 8 heteroatoms. The third-order valence-electron chi connectivity index (χ3n) is 3.77. The maximum absolute atomic E-state index is 12.5. The van der Waals surface area contributed by atoms with Gasteiger partial charge in [-0.3, -0.25) is 4.72 Å². The Balaban J connectivity index is 1.76. The van der Waals surface area contributed by atoms with Gasteiger partial charge in [0.2, 0.25) is 0 Å². The van der Waals surface area contributed by atoms with Crippen molar-refractivity contribution in [2.45, 2.75) is 28.8 Å². The minimum Gasteiger partial charge on any atom is -0.311 e. The number of sulfonamides is 1. The molecule has 0 bridgehead atoms. The molecule has 25 heavy (non-hydrogen) atoms. The van der Waals surface area contributed by atoms with Crippen molar-refractivity contribution in [2.24, 2.45) is 7.05 Å². The molecule has 1 heterocycles. The molecule has 0 spiro atoms. The van der Waals surface area contributed by atoms with E-state index >= 15 is 0 Å². The van der Waals surface area contributed by atoms with Gasteiger partial charge < -0.3 is 4.57 Å². The van der Waals surface area contributed by atoms with Crippen LogP contribution in [0.1, 0.15) is 11.1 Å². The van der Waals surface area contributed by atoms with Crippen molar-refractivity contribution in [3.63, 3.8) is 0 Å². The van der Waals surface area contributed by atoms with E-state index in [1.54, 1.807) is 30.6 Å². The lowest BCUT2D eigenvalue weighted by Crippen LogP contribution is -2.13. The van der Waals surface area contributed by atoms with E-state index in [0.29, 0.717) is 5.69 Å². The first kappa shape index (κ1) is 17.5. The van der Waals surface area contributed by atoms with E-state index in [1.807, 2.05) is 43.7 Å². The van der Waals surface area contributed by atoms with Crippen molar-refractivity contribution in [1.82, 2.24) is 14.8 Å². The first-order chi connectivity index (χ1) is 11.8. The second-order valence-corrected chi connectivity index (χ2v) is 8.43. The molecule has 1 N–H and O–H groups in total. The van der Waals surface area contributed by atoms with Gasteiger partial charge in [-0.2, -0.15) is 0 Å². The molecule has 130 valence electrons. The summed E-state index contributed by atoms with van der Waals surface area (Å²) < 4.78 is 29.5. The van der Waals surface area contributed by atoms with Crippen LogP contribution in [0.25, 0.3) is 0 Å². The smallest absolute Gasteiger partial charge is 0.261 e. The van der Waals surface area contributed by atoms with Gasteiger partial charge in [-0.25, -0.2) is 8.42 Å². The molecular weight excluding hydrogens is 356 g/mol. The van der Waals surface area contributed by atoms with Crippen molar-refractivity contribution >= 4 is 27.5 Å². The van der Waals surface area contributed by atoms with Crippen molar-refractivity contribution < 1.29 is 8.42 Å². The quantitative estimate of drug-likeness (QED) is 0.741. The summed E-state index contributed by atoms with van der Waals surface area (Å²) >= 11 is 1.46. The zero-order valence-corrected chi connectivity index (χ0v) is 15.7. The lowest BCUT2D eigenvalue weighted by molar-refractivity contribution is 0.601. The number of aryl methyl sites for hydroxylation is 3. The third kappa shape index (κ3) is 4.02. The van der Waals surface area contributed by atoms with Crippen LogP contribution in [0, 0.1) is 13.8 Å². The molecule has 0 aliphatic carbocycles. The molecule has 0 aliphatic heterocycles. The molecule has 6 nitrogen and oxygen atoms in total. The van der Waals surface area contributed by atoms with Gasteiger partial charge in [-0.05, 0) is 73.1 Å². The zero-order valence-electron chi connectivity index (χ0n) is 14.1. The minimum atomic E-state index is -3.61. The Bertz CT molecular complexity index is 996. The van der Waals surface area contributed by atoms with Crippen molar-refractivity contribution in [2.75, 3.05) is 4.72 Å². The van der Waals surface area contributed by atoms with Crippen molar-refractivity contribution in [1.29, 1.82) is 0 Å². The molecule has 0 unspecified atom stereocenters. The van der Waals surface area contributed by atoms with Crippen LogP contribution in [0.4, 0.5) is 5.69 Å². The number of anilines is 1. The summed E-state index contributed by atoms with van der Waals surface area (Å²) in [6.07, 6.45) is 1.63. The molecule has 3 rings (SSSR count). The fourth-order valence-corrected chi connectivity index (χ4v) is 4.06. The summed E-state index contributed by atoms with van der Waals surface area (Å²) in [5.41, 5.74) is 2.52. The SMILES string of the molecule is Cc1ccc(S(=O)(=O)Nc2ccc(Sc3nncn3C)cc2)cc1C. The van der Waals surface area contributed by atoms with Gasteiger partial charge in [0.05, 0.1) is 4.90 Å². The average molecular weight is 374 g/mol. The summed E-state index contributed by atoms with van der Waals surface area (Å²) in [5.74, 6) is 0. The Kier molecular flexibility index (Phi) is 4.82. The summed E-state index contributed by atoms with van der Waals surface area (Å²) in [5, 5.41) is 8.61. The number of rotatable bonds is 5. The second kappa shape index (κ2) is 6.89. The Hall–Kier alpha value is -2.32. The van der Waals surface area contributed by atoms with E-state index in [4.69, 9.17) is 0 Å². The highest BCUT2D eigenvalue weighted by Crippen LogP contribution is 2.27. The summed E-state index contributed by atoms with van der Waals surface area (Å²) in [4.78, 5) is 1.21. The first-order valence-corrected chi connectivity index (χ1v) is 9.87. The summed E-state index contributed by atoms with van der Waals surface area (Å²) in [6.45, 7) is 3.85. The Morgan fingerprint density at radius 2 is 1.76 bits per heavy atom. The van der Waals surface area contributed by atoms with E-state index < -0.39 is 10.0 Å². The van der Waals surface area contributed by atoms with Gasteiger partial charge in [-0.15, -0.1) is 10.2 Å². The topological polar surface area (TPSA) is 76.9 Å². The molecule has 2 aromatic carbocycles. The molecule has 0 amide bonds. The average Bonchev–Trinajstić information content (AvgIpc) is 2.96. The fraction of sp³-hybridized carbons (Fsp3) is 0.176. The minimum absolute atomic E-state index is 0.258. The van der Waals surface area contributed by atoms with Gasteiger partial charge in [0.1, 0.15) is 6.33 Å². The van der Waals surface area contributed by atoms with Crippen LogP contribution in [-0.2, 0) is 17.1 Å². The molecule has 1 aromatic heterocycles. The van der Waals surface area contributed by atoms with Gasteiger partial charge in [0.15, 0.2) is 5.16 Å². The van der Waals surface area contributed by atoms with Crippen LogP contribution in [-0.4, -0.2) is 23.2 Å². The Morgan fingerprint density at radius 1 is 1.04 bits per heavy atom. The van der Waals surface area contributed by atoms with Gasteiger partial charge >= 0.3 is 0 Å². The van der Waals surface area contributed by atoms with Gasteiger partial charge in [0.25, 0.3) is 10.0 Å². The number of nitrogens with one attached hydrogen (secondary N) is 1. The first-order valence-electron chi connectivity index (χ1n) is 7.57. The third-order valence-corrected chi connectivity index (χ3v) is 6.21. The predicted octanol–water partition coefficient (Wildman–Crippen LogP) is 3.38. The molecule has 0 atom stereocenters. The van der Waals surface area contributed by atoms with E-state index in [2.05, 4.69) is 14.9 Å². The number of benzene rings is 2. The lowest BCUT2D eigenvalue weighted by atomic mass is 10.1. The molecule has 0 saturated heterocycles. The highest BCUT2D eigenvalue weighted by Gasteiger charge is 2.15. The van der Waals surface area contributed by atoms with Crippen LogP contribution >= 0.6 is 11.8 Å². The summed E-state index contributed by atoms with van der Waals surface area (Å²) in [6, 6.07) is 12.3. The molecular formula is C17H18N4O2S2. The maximum atomic E-state index is 12.5. The monoisotopic (exact) mass is 374 g/mol. The van der Waals surface area contributed by atoms with Gasteiger partial charge in [0, 0.05) is 17.6 Å². The van der Waals surface area contributed by atoms with E-state index in [9.17, 15) is 8.42 Å². The molecule has 3 aromatic rings. The molecule has 0 fully saturated rings. The van der Waals surface area contributed by atoms with Gasteiger partial charge in [-0.1, -0.05) is 6.07 Å². The fourth-order valence-electron chi connectivity index (χ4n) is 2.16. The Morgan fingerprint density at radius 3 is 2.36 bits per heavy atom. The summed E-state index contributed by atoms with van der Waals surface area (Å²) in [7, 11) is -1.74. The number of hydrogen-bond donors (Lipinski definition) is 1. The normalized spacial score (nSPS) is 11.5. The largest absolute Gasteiger partial charge is 0.311 e. The predicted molar refractivity (Wildman–Crippen MR) is 98.3 cm³/mol. The van der Waals surface area contributed by atoms with Crippen LogP contribution < -0.4 is 4.72 Å². The van der Waals surface area contributed by atoms with E-state index in [1.165, 1.54) is 11.8 Å². The molecule has 0 saturated carbocycles. The van der Waals surface area contributed by atoms with Crippen LogP contribution in [0.2, 0.25) is 0 Å². The standard InChI is InChI=1S/C17H18N4O2S2/c1-12-4-9-16(10-13(12)2)25(22,23)20-14-5-7-15(8-6-14)24-17-19-18-11-21(17)3/h4-11,20H,1-3H3. The molecule has 0 aliphatic rings. The number of nitrogens with zero attached hydrogens (tertiary/aromatic N) is 3. The van der Waals surface area contributed by atoms with Crippen LogP contribution in [0.3, 0.4) is 0 Å². The van der Waals surface area contributed by atoms with Crippen molar-refractivity contribution in [3.05, 3.63) is 59.9 Å². The van der Waals surface area contributed by atoms with Crippen LogP contribution in [0.5, 0.6) is 0 Å². The Labute approximate surface area is 151 Å². The highest BCUT2D eigenvalue weighted by molar-refractivity contribution is 7.99. The van der Waals surface area contributed by atoms with Crippen LogP contribution in [0.15, 0.2) is 63.7 Å². The maximum Gasteiger partial charge on any atom is 0.261 e.